The Bertz CT molecular complexity index is 1600. The Hall–Kier alpha value is -5.42. The molecule has 3 aromatic carbocycles. The van der Waals surface area contributed by atoms with Gasteiger partial charge >= 0.3 is 6.03 Å². The van der Waals surface area contributed by atoms with Crippen LogP contribution in [0.15, 0.2) is 91.1 Å². The van der Waals surface area contributed by atoms with Crippen molar-refractivity contribution >= 4 is 46.9 Å². The van der Waals surface area contributed by atoms with E-state index in [9.17, 15) is 18.8 Å². The Labute approximate surface area is 245 Å². The van der Waals surface area contributed by atoms with Gasteiger partial charge in [-0.2, -0.15) is 0 Å². The Balaban J connectivity index is 1.29. The first-order valence-electron chi connectivity index (χ1n) is 12.6. The lowest BCUT2D eigenvalue weighted by Gasteiger charge is -2.11. The predicted octanol–water partition coefficient (Wildman–Crippen LogP) is 6.18. The molecule has 4 rings (SSSR count). The number of halogens is 2. The highest BCUT2D eigenvalue weighted by atomic mass is 35.5. The third-order valence-electron chi connectivity index (χ3n) is 5.41. The molecule has 42 heavy (non-hydrogen) atoms. The monoisotopic (exact) mass is 589 g/mol. The molecule has 4 amide bonds. The first-order valence-corrected chi connectivity index (χ1v) is 12.9. The number of ether oxygens (including phenoxy) is 2. The summed E-state index contributed by atoms with van der Waals surface area (Å²) in [4.78, 5) is 40.7. The van der Waals surface area contributed by atoms with E-state index in [0.29, 0.717) is 23.1 Å². The van der Waals surface area contributed by atoms with Crippen molar-refractivity contribution < 1.29 is 28.2 Å². The van der Waals surface area contributed by atoms with Gasteiger partial charge in [-0.3, -0.25) is 25.4 Å². The lowest BCUT2D eigenvalue weighted by atomic mass is 10.2. The number of hydrogen-bond acceptors (Lipinski definition) is 6. The van der Waals surface area contributed by atoms with Gasteiger partial charge in [-0.15, -0.1) is 0 Å². The summed E-state index contributed by atoms with van der Waals surface area (Å²) in [6, 6.07) is 19.6. The molecule has 0 saturated carbocycles. The standard InChI is InChI=1S/C30H25ClFN5O5/c1-2-41-22-10-8-21(9-11-22)34-30(40)35-26-13-12-23(17-25(26)32)42-24-15-16-33-27(18-24)29(39)37-36-28(38)14-5-19-3-6-20(31)7-4-19/h3-18H,2H2,1H3,(H,36,38)(H,37,39)(H2,34,35,40). The smallest absolute Gasteiger partial charge is 0.323 e. The number of benzene rings is 3. The summed E-state index contributed by atoms with van der Waals surface area (Å²) in [6.45, 7) is 2.39. The topological polar surface area (TPSA) is 131 Å². The van der Waals surface area contributed by atoms with Gasteiger partial charge in [0, 0.05) is 35.1 Å². The highest BCUT2D eigenvalue weighted by molar-refractivity contribution is 6.30. The summed E-state index contributed by atoms with van der Waals surface area (Å²) in [5.74, 6) is -1.03. The summed E-state index contributed by atoms with van der Waals surface area (Å²) in [5, 5.41) is 5.62. The molecule has 214 valence electrons. The van der Waals surface area contributed by atoms with Crippen LogP contribution in [0.2, 0.25) is 5.02 Å². The highest BCUT2D eigenvalue weighted by Crippen LogP contribution is 2.26. The van der Waals surface area contributed by atoms with Gasteiger partial charge in [0.05, 0.1) is 12.3 Å². The van der Waals surface area contributed by atoms with Crippen LogP contribution >= 0.6 is 11.6 Å². The third-order valence-corrected chi connectivity index (χ3v) is 5.66. The molecular formula is C30H25ClFN5O5. The largest absolute Gasteiger partial charge is 0.494 e. The van der Waals surface area contributed by atoms with Crippen molar-refractivity contribution in [1.82, 2.24) is 15.8 Å². The first kappa shape index (κ1) is 29.6. The molecule has 0 bridgehead atoms. The van der Waals surface area contributed by atoms with E-state index in [1.54, 1.807) is 54.6 Å². The van der Waals surface area contributed by atoms with E-state index in [4.69, 9.17) is 21.1 Å². The summed E-state index contributed by atoms with van der Waals surface area (Å²) >= 11 is 5.83. The highest BCUT2D eigenvalue weighted by Gasteiger charge is 2.12. The van der Waals surface area contributed by atoms with Gasteiger partial charge < -0.3 is 20.1 Å². The first-order chi connectivity index (χ1) is 20.3. The summed E-state index contributed by atoms with van der Waals surface area (Å²) < 4.78 is 25.7. The number of carbonyl (C=O) groups excluding carboxylic acids is 3. The molecule has 0 unspecified atom stereocenters. The van der Waals surface area contributed by atoms with E-state index in [-0.39, 0.29) is 22.9 Å². The van der Waals surface area contributed by atoms with Crippen LogP contribution in [-0.4, -0.2) is 29.4 Å². The number of aromatic nitrogens is 1. The Morgan fingerprint density at radius 3 is 2.31 bits per heavy atom. The molecule has 0 aliphatic carbocycles. The number of pyridine rings is 1. The Kier molecular flexibility index (Phi) is 10.1. The van der Waals surface area contributed by atoms with Crippen molar-refractivity contribution in [2.45, 2.75) is 6.92 Å². The molecule has 0 spiro atoms. The second-order valence-corrected chi connectivity index (χ2v) is 8.92. The molecule has 0 aliphatic rings. The lowest BCUT2D eigenvalue weighted by molar-refractivity contribution is -0.117. The number of carbonyl (C=O) groups is 3. The molecular weight excluding hydrogens is 565 g/mol. The summed E-state index contributed by atoms with van der Waals surface area (Å²) in [5.41, 5.74) is 5.64. The minimum Gasteiger partial charge on any atom is -0.494 e. The maximum absolute atomic E-state index is 14.7. The van der Waals surface area contributed by atoms with Crippen LogP contribution in [-0.2, 0) is 4.79 Å². The fraction of sp³-hybridized carbons (Fsp3) is 0.0667. The van der Waals surface area contributed by atoms with Crippen LogP contribution in [0.4, 0.5) is 20.6 Å². The number of anilines is 2. The maximum Gasteiger partial charge on any atom is 0.323 e. The van der Waals surface area contributed by atoms with Crippen LogP contribution in [0, 0.1) is 5.82 Å². The van der Waals surface area contributed by atoms with Crippen molar-refractivity contribution in [2.24, 2.45) is 0 Å². The third kappa shape index (κ3) is 8.80. The second-order valence-electron chi connectivity index (χ2n) is 8.49. The Morgan fingerprint density at radius 1 is 0.881 bits per heavy atom. The molecule has 12 heteroatoms. The van der Waals surface area contributed by atoms with Crippen molar-refractivity contribution in [3.05, 3.63) is 113 Å². The normalized spacial score (nSPS) is 10.5. The number of nitrogens with zero attached hydrogens (tertiary/aromatic N) is 1. The fourth-order valence-corrected chi connectivity index (χ4v) is 3.58. The number of nitrogens with one attached hydrogen (secondary N) is 4. The van der Waals surface area contributed by atoms with Gasteiger partial charge in [0.2, 0.25) is 0 Å². The fourth-order valence-electron chi connectivity index (χ4n) is 3.45. The Morgan fingerprint density at radius 2 is 1.60 bits per heavy atom. The zero-order chi connectivity index (χ0) is 29.9. The van der Waals surface area contributed by atoms with Gasteiger partial charge in [0.15, 0.2) is 0 Å². The van der Waals surface area contributed by atoms with E-state index < -0.39 is 23.7 Å². The zero-order valence-electron chi connectivity index (χ0n) is 22.2. The van der Waals surface area contributed by atoms with Crippen molar-refractivity contribution in [1.29, 1.82) is 0 Å². The van der Waals surface area contributed by atoms with Gasteiger partial charge in [0.1, 0.15) is 28.8 Å². The van der Waals surface area contributed by atoms with Gasteiger partial charge in [-0.1, -0.05) is 23.7 Å². The van der Waals surface area contributed by atoms with Crippen molar-refractivity contribution in [2.75, 3.05) is 17.2 Å². The molecule has 0 fully saturated rings. The average Bonchev–Trinajstić information content (AvgIpc) is 2.98. The van der Waals surface area contributed by atoms with E-state index in [1.807, 2.05) is 6.92 Å². The van der Waals surface area contributed by atoms with Gasteiger partial charge in [-0.25, -0.2) is 9.18 Å². The number of hydrazine groups is 1. The van der Waals surface area contributed by atoms with Gasteiger partial charge in [-0.05, 0) is 73.2 Å². The minimum absolute atomic E-state index is 0.0563. The quantitative estimate of drug-likeness (QED) is 0.136. The van der Waals surface area contributed by atoms with Crippen molar-refractivity contribution in [3.8, 4) is 17.2 Å². The SMILES string of the molecule is CCOc1ccc(NC(=O)Nc2ccc(Oc3ccnc(C(=O)NNC(=O)C=Cc4ccc(Cl)cc4)c3)cc2F)cc1. The molecule has 1 aromatic heterocycles. The number of rotatable bonds is 9. The molecule has 0 aliphatic heterocycles. The molecule has 10 nitrogen and oxygen atoms in total. The molecule has 1 heterocycles. The molecule has 0 saturated heterocycles. The summed E-state index contributed by atoms with van der Waals surface area (Å²) in [6.07, 6.45) is 4.12. The zero-order valence-corrected chi connectivity index (χ0v) is 22.9. The van der Waals surface area contributed by atoms with Crippen LogP contribution in [0.1, 0.15) is 23.0 Å². The predicted molar refractivity (Wildman–Crippen MR) is 157 cm³/mol. The van der Waals surface area contributed by atoms with E-state index in [1.165, 1.54) is 36.5 Å². The minimum atomic E-state index is -0.740. The van der Waals surface area contributed by atoms with Crippen LogP contribution in [0.25, 0.3) is 6.08 Å². The van der Waals surface area contributed by atoms with E-state index >= 15 is 0 Å². The number of amides is 4. The van der Waals surface area contributed by atoms with Crippen LogP contribution < -0.4 is 31.0 Å². The second kappa shape index (κ2) is 14.3. The van der Waals surface area contributed by atoms with Crippen molar-refractivity contribution in [3.63, 3.8) is 0 Å². The van der Waals surface area contributed by atoms with Crippen LogP contribution in [0.5, 0.6) is 17.2 Å². The lowest BCUT2D eigenvalue weighted by Crippen LogP contribution is -2.41. The molecule has 0 radical (unpaired) electrons. The number of urea groups is 1. The average molecular weight is 590 g/mol. The number of hydrogen-bond donors (Lipinski definition) is 4. The summed E-state index contributed by atoms with van der Waals surface area (Å²) in [7, 11) is 0. The molecule has 0 atom stereocenters. The van der Waals surface area contributed by atoms with E-state index in [2.05, 4.69) is 26.5 Å². The molecule has 4 N–H and O–H groups in total. The van der Waals surface area contributed by atoms with Gasteiger partial charge in [0.25, 0.3) is 11.8 Å². The van der Waals surface area contributed by atoms with Crippen LogP contribution in [0.3, 0.4) is 0 Å². The molecule has 4 aromatic rings. The van der Waals surface area contributed by atoms with E-state index in [0.717, 1.165) is 11.6 Å². The maximum atomic E-state index is 14.7.